The number of sulfonamides is 1. The van der Waals surface area contributed by atoms with Crippen molar-refractivity contribution in [3.63, 3.8) is 0 Å². The minimum absolute atomic E-state index is 0.191. The molecule has 10 heteroatoms. The Hall–Kier alpha value is -2.56. The molecular weight excluding hydrogens is 398 g/mol. The standard InChI is InChI=1S/C18H19N5O3S2/c1-3-22(4-2)28(24,25)13-9-10-14-16(11-13)23(21-20-14)26-12-18-19-15-7-5-6-8-17(15)27-18/h5-11H,3-4,12H2,1-2H3. The van der Waals surface area contributed by atoms with Gasteiger partial charge in [-0.15, -0.1) is 16.4 Å². The van der Waals surface area contributed by atoms with Crippen molar-refractivity contribution in [1.29, 1.82) is 0 Å². The highest BCUT2D eigenvalue weighted by Crippen LogP contribution is 2.23. The number of para-hydroxylation sites is 1. The smallest absolute Gasteiger partial charge is 0.243 e. The molecule has 2 aromatic carbocycles. The summed E-state index contributed by atoms with van der Waals surface area (Å²) in [5.41, 5.74) is 1.97. The van der Waals surface area contributed by atoms with Gasteiger partial charge in [0.25, 0.3) is 0 Å². The molecule has 4 rings (SSSR count). The molecular formula is C18H19N5O3S2. The highest BCUT2D eigenvalue weighted by molar-refractivity contribution is 7.89. The van der Waals surface area contributed by atoms with Gasteiger partial charge in [0.15, 0.2) is 6.61 Å². The van der Waals surface area contributed by atoms with Gasteiger partial charge in [0, 0.05) is 13.1 Å². The van der Waals surface area contributed by atoms with Crippen molar-refractivity contribution in [2.75, 3.05) is 13.1 Å². The number of benzene rings is 2. The Balaban J connectivity index is 1.62. The summed E-state index contributed by atoms with van der Waals surface area (Å²) >= 11 is 1.54. The first-order valence-electron chi connectivity index (χ1n) is 8.86. The van der Waals surface area contributed by atoms with Crippen LogP contribution in [0.3, 0.4) is 0 Å². The number of fused-ring (bicyclic) bond motifs is 2. The molecule has 2 heterocycles. The molecule has 0 spiro atoms. The van der Waals surface area contributed by atoms with Crippen LogP contribution in [0.15, 0.2) is 47.4 Å². The quantitative estimate of drug-likeness (QED) is 0.459. The summed E-state index contributed by atoms with van der Waals surface area (Å²) in [5, 5.41) is 8.83. The maximum Gasteiger partial charge on any atom is 0.243 e. The van der Waals surface area contributed by atoms with Crippen molar-refractivity contribution in [2.45, 2.75) is 25.3 Å². The summed E-state index contributed by atoms with van der Waals surface area (Å²) in [4.78, 5) is 11.7. The van der Waals surface area contributed by atoms with Crippen LogP contribution in [-0.4, -0.2) is 46.0 Å². The van der Waals surface area contributed by atoms with Crippen LogP contribution < -0.4 is 4.84 Å². The average Bonchev–Trinajstić information content (AvgIpc) is 3.30. The van der Waals surface area contributed by atoms with E-state index in [1.807, 2.05) is 38.1 Å². The lowest BCUT2D eigenvalue weighted by Crippen LogP contribution is -2.30. The van der Waals surface area contributed by atoms with E-state index in [4.69, 9.17) is 4.84 Å². The van der Waals surface area contributed by atoms with Gasteiger partial charge in [-0.05, 0) is 35.5 Å². The molecule has 2 aromatic heterocycles. The van der Waals surface area contributed by atoms with E-state index in [2.05, 4.69) is 15.3 Å². The first kappa shape index (κ1) is 18.8. The SMILES string of the molecule is CCN(CC)S(=O)(=O)c1ccc2nnn(OCc3nc4ccccc4s3)c2c1. The van der Waals surface area contributed by atoms with Crippen LogP contribution >= 0.6 is 11.3 Å². The molecule has 0 aliphatic rings. The molecule has 0 unspecified atom stereocenters. The summed E-state index contributed by atoms with van der Waals surface area (Å²) in [5.74, 6) is 0. The van der Waals surface area contributed by atoms with Gasteiger partial charge in [0.05, 0.1) is 15.1 Å². The van der Waals surface area contributed by atoms with Gasteiger partial charge in [-0.1, -0.05) is 30.8 Å². The van der Waals surface area contributed by atoms with Crippen molar-refractivity contribution in [3.05, 3.63) is 47.5 Å². The van der Waals surface area contributed by atoms with Crippen molar-refractivity contribution >= 4 is 42.6 Å². The predicted octanol–water partition coefficient (Wildman–Crippen LogP) is 2.70. The summed E-state index contributed by atoms with van der Waals surface area (Å²) < 4.78 is 28.0. The Labute approximate surface area is 166 Å². The van der Waals surface area contributed by atoms with Crippen molar-refractivity contribution in [3.8, 4) is 0 Å². The lowest BCUT2D eigenvalue weighted by molar-refractivity contribution is 0.0751. The van der Waals surface area contributed by atoms with Crippen LogP contribution in [0.25, 0.3) is 21.3 Å². The Morgan fingerprint density at radius 2 is 1.89 bits per heavy atom. The number of hydrogen-bond donors (Lipinski definition) is 0. The maximum absolute atomic E-state index is 12.8. The summed E-state index contributed by atoms with van der Waals surface area (Å²) in [6.07, 6.45) is 0. The van der Waals surface area contributed by atoms with Gasteiger partial charge in [-0.25, -0.2) is 13.4 Å². The second-order valence-electron chi connectivity index (χ2n) is 6.05. The van der Waals surface area contributed by atoms with E-state index in [-0.39, 0.29) is 11.5 Å². The molecule has 0 bridgehead atoms. The molecule has 0 aliphatic heterocycles. The predicted molar refractivity (Wildman–Crippen MR) is 108 cm³/mol. The van der Waals surface area contributed by atoms with E-state index in [0.717, 1.165) is 15.2 Å². The molecule has 0 saturated carbocycles. The van der Waals surface area contributed by atoms with E-state index in [9.17, 15) is 8.42 Å². The molecule has 146 valence electrons. The van der Waals surface area contributed by atoms with Crippen molar-refractivity contribution in [2.24, 2.45) is 0 Å². The molecule has 0 N–H and O–H groups in total. The molecule has 4 aromatic rings. The Morgan fingerprint density at radius 3 is 2.64 bits per heavy atom. The largest absolute Gasteiger partial charge is 0.388 e. The minimum Gasteiger partial charge on any atom is -0.388 e. The fourth-order valence-corrected chi connectivity index (χ4v) is 5.30. The molecule has 28 heavy (non-hydrogen) atoms. The van der Waals surface area contributed by atoms with E-state index < -0.39 is 10.0 Å². The minimum atomic E-state index is -3.57. The summed E-state index contributed by atoms with van der Waals surface area (Å²) in [6, 6.07) is 12.6. The fourth-order valence-electron chi connectivity index (χ4n) is 2.94. The highest BCUT2D eigenvalue weighted by atomic mass is 32.2. The van der Waals surface area contributed by atoms with Gasteiger partial charge in [0.2, 0.25) is 10.0 Å². The van der Waals surface area contributed by atoms with Crippen LogP contribution in [0.4, 0.5) is 0 Å². The highest BCUT2D eigenvalue weighted by Gasteiger charge is 2.23. The van der Waals surface area contributed by atoms with Crippen LogP contribution in [0, 0.1) is 0 Å². The van der Waals surface area contributed by atoms with Crippen molar-refractivity contribution in [1.82, 2.24) is 24.4 Å². The second kappa shape index (κ2) is 7.46. The molecule has 8 nitrogen and oxygen atoms in total. The maximum atomic E-state index is 12.8. The number of hydrogen-bond acceptors (Lipinski definition) is 7. The van der Waals surface area contributed by atoms with E-state index in [0.29, 0.717) is 24.1 Å². The molecule has 0 saturated heterocycles. The zero-order valence-corrected chi connectivity index (χ0v) is 17.1. The third-order valence-electron chi connectivity index (χ3n) is 4.38. The second-order valence-corrected chi connectivity index (χ2v) is 9.10. The zero-order valence-electron chi connectivity index (χ0n) is 15.4. The van der Waals surface area contributed by atoms with E-state index in [1.54, 1.807) is 29.5 Å². The molecule has 0 atom stereocenters. The average molecular weight is 418 g/mol. The lowest BCUT2D eigenvalue weighted by atomic mass is 10.3. The Bertz CT molecular complexity index is 1200. The van der Waals surface area contributed by atoms with Gasteiger partial charge in [0.1, 0.15) is 16.0 Å². The summed E-state index contributed by atoms with van der Waals surface area (Å²) in [7, 11) is -3.57. The molecule has 0 radical (unpaired) electrons. The molecule has 0 amide bonds. The lowest BCUT2D eigenvalue weighted by Gasteiger charge is -2.18. The molecule has 0 fully saturated rings. The first-order chi connectivity index (χ1) is 13.5. The van der Waals surface area contributed by atoms with Gasteiger partial charge in [-0.3, -0.25) is 0 Å². The Morgan fingerprint density at radius 1 is 1.11 bits per heavy atom. The fraction of sp³-hybridized carbons (Fsp3) is 0.278. The number of rotatable bonds is 7. The monoisotopic (exact) mass is 417 g/mol. The van der Waals surface area contributed by atoms with Crippen LogP contribution in [0.2, 0.25) is 0 Å². The van der Waals surface area contributed by atoms with Crippen molar-refractivity contribution < 1.29 is 13.3 Å². The van der Waals surface area contributed by atoms with E-state index in [1.165, 1.54) is 9.15 Å². The third-order valence-corrected chi connectivity index (χ3v) is 7.43. The van der Waals surface area contributed by atoms with Crippen LogP contribution in [-0.2, 0) is 16.6 Å². The number of thiazole rings is 1. The number of nitrogens with zero attached hydrogens (tertiary/aromatic N) is 5. The first-order valence-corrected chi connectivity index (χ1v) is 11.1. The van der Waals surface area contributed by atoms with E-state index >= 15 is 0 Å². The number of aromatic nitrogens is 4. The molecule has 0 aliphatic carbocycles. The zero-order chi connectivity index (χ0) is 19.7. The third kappa shape index (κ3) is 3.34. The van der Waals surface area contributed by atoms with Crippen LogP contribution in [0.5, 0.6) is 0 Å². The van der Waals surface area contributed by atoms with Gasteiger partial charge >= 0.3 is 0 Å². The topological polar surface area (TPSA) is 90.2 Å². The van der Waals surface area contributed by atoms with Gasteiger partial charge in [-0.2, -0.15) is 4.31 Å². The van der Waals surface area contributed by atoms with Gasteiger partial charge < -0.3 is 4.84 Å². The Kier molecular flexibility index (Phi) is 5.00. The summed E-state index contributed by atoms with van der Waals surface area (Å²) in [6.45, 7) is 4.65. The normalized spacial score (nSPS) is 12.2. The van der Waals surface area contributed by atoms with Crippen LogP contribution in [0.1, 0.15) is 18.9 Å².